The fourth-order valence-corrected chi connectivity index (χ4v) is 5.86. The fraction of sp³-hybridized carbons (Fsp3) is 0.429. The molecule has 1 saturated heterocycles. The third-order valence-corrected chi connectivity index (χ3v) is 7.47. The van der Waals surface area contributed by atoms with Crippen LogP contribution in [0.1, 0.15) is 59.4 Å². The molecule has 196 valence electrons. The lowest BCUT2D eigenvalue weighted by atomic mass is 9.68. The summed E-state index contributed by atoms with van der Waals surface area (Å²) in [7, 11) is 0. The Kier molecular flexibility index (Phi) is 7.73. The van der Waals surface area contributed by atoms with Gasteiger partial charge in [0.2, 0.25) is 11.8 Å². The molecule has 0 saturated carbocycles. The second-order valence-corrected chi connectivity index (χ2v) is 10.4. The molecule has 37 heavy (non-hydrogen) atoms. The quantitative estimate of drug-likeness (QED) is 0.290. The summed E-state index contributed by atoms with van der Waals surface area (Å²) in [6.45, 7) is 4.73. The number of rotatable bonds is 10. The molecule has 2 unspecified atom stereocenters. The van der Waals surface area contributed by atoms with E-state index in [4.69, 9.17) is 0 Å². The van der Waals surface area contributed by atoms with Gasteiger partial charge >= 0.3 is 0 Å². The van der Waals surface area contributed by atoms with Crippen molar-refractivity contribution in [2.75, 3.05) is 19.6 Å². The molecule has 2 aromatic rings. The van der Waals surface area contributed by atoms with E-state index in [1.165, 1.54) is 12.1 Å². The molecular weight excluding hydrogens is 477 g/mol. The van der Waals surface area contributed by atoms with Crippen molar-refractivity contribution in [3.05, 3.63) is 71.0 Å². The van der Waals surface area contributed by atoms with Crippen LogP contribution in [0.25, 0.3) is 0 Å². The Hall–Kier alpha value is -3.59. The maximum atomic E-state index is 14.3. The Bertz CT molecular complexity index is 1200. The highest BCUT2D eigenvalue weighted by molar-refractivity contribution is 6.21. The van der Waals surface area contributed by atoms with Crippen LogP contribution in [0.15, 0.2) is 48.5 Å². The molecule has 9 heteroatoms. The topological polar surface area (TPSA) is 107 Å². The van der Waals surface area contributed by atoms with Crippen LogP contribution in [-0.4, -0.2) is 58.3 Å². The summed E-state index contributed by atoms with van der Waals surface area (Å²) in [6.07, 6.45) is 1.11. The van der Waals surface area contributed by atoms with Gasteiger partial charge in [0.25, 0.3) is 11.8 Å². The Balaban J connectivity index is 1.58. The number of amides is 4. The van der Waals surface area contributed by atoms with Gasteiger partial charge in [-0.2, -0.15) is 0 Å². The van der Waals surface area contributed by atoms with Crippen molar-refractivity contribution in [2.45, 2.75) is 39.5 Å². The number of fused-ring (bicyclic) bond motifs is 1. The third-order valence-electron chi connectivity index (χ3n) is 7.47. The number of hydrogen-bond donors (Lipinski definition) is 2. The smallest absolute Gasteiger partial charge is 0.264 e. The summed E-state index contributed by atoms with van der Waals surface area (Å²) in [4.78, 5) is 54.8. The number of nitrogens with one attached hydrogen (secondary N) is 1. The highest BCUT2D eigenvalue weighted by Gasteiger charge is 2.54. The molecule has 2 aliphatic heterocycles. The SMILES string of the molecule is CC(C)CC1(CC(=O)NO)C(=O)N(CCc2ccccc2)CC1CCN1C(=O)c2cccc(F)c2C1=O. The number of benzene rings is 2. The first kappa shape index (κ1) is 26.5. The van der Waals surface area contributed by atoms with Crippen LogP contribution in [0.5, 0.6) is 0 Å². The van der Waals surface area contributed by atoms with E-state index in [0.29, 0.717) is 25.9 Å². The van der Waals surface area contributed by atoms with Crippen LogP contribution in [0, 0.1) is 23.1 Å². The zero-order valence-corrected chi connectivity index (χ0v) is 21.1. The Labute approximate surface area is 215 Å². The van der Waals surface area contributed by atoms with E-state index in [2.05, 4.69) is 0 Å². The van der Waals surface area contributed by atoms with Crippen LogP contribution >= 0.6 is 0 Å². The summed E-state index contributed by atoms with van der Waals surface area (Å²) in [5.74, 6) is -3.11. The summed E-state index contributed by atoms with van der Waals surface area (Å²) in [5, 5.41) is 9.27. The normalized spacial score (nSPS) is 21.2. The predicted octanol–water partition coefficient (Wildman–Crippen LogP) is 3.44. The highest BCUT2D eigenvalue weighted by atomic mass is 19.1. The molecule has 2 heterocycles. The number of hydroxylamine groups is 1. The molecule has 0 aromatic heterocycles. The number of imide groups is 1. The fourth-order valence-electron chi connectivity index (χ4n) is 5.86. The van der Waals surface area contributed by atoms with Crippen LogP contribution in [0.3, 0.4) is 0 Å². The van der Waals surface area contributed by atoms with E-state index >= 15 is 0 Å². The molecule has 0 aliphatic carbocycles. The average molecular weight is 510 g/mol. The van der Waals surface area contributed by atoms with Gasteiger partial charge in [-0.1, -0.05) is 50.2 Å². The minimum Gasteiger partial charge on any atom is -0.342 e. The molecule has 0 radical (unpaired) electrons. The first-order chi connectivity index (χ1) is 17.7. The maximum Gasteiger partial charge on any atom is 0.264 e. The number of likely N-dealkylation sites (tertiary alicyclic amines) is 1. The Morgan fingerprint density at radius 2 is 1.81 bits per heavy atom. The zero-order chi connectivity index (χ0) is 26.7. The average Bonchev–Trinajstić information content (AvgIpc) is 3.27. The van der Waals surface area contributed by atoms with Gasteiger partial charge in [-0.15, -0.1) is 0 Å². The minimum absolute atomic E-state index is 0.00313. The van der Waals surface area contributed by atoms with Gasteiger partial charge in [-0.3, -0.25) is 29.3 Å². The number of hydrogen-bond acceptors (Lipinski definition) is 5. The van der Waals surface area contributed by atoms with Gasteiger partial charge < -0.3 is 4.90 Å². The minimum atomic E-state index is -1.10. The second-order valence-electron chi connectivity index (χ2n) is 10.4. The van der Waals surface area contributed by atoms with E-state index < -0.39 is 29.0 Å². The van der Waals surface area contributed by atoms with Crippen molar-refractivity contribution < 1.29 is 28.8 Å². The van der Waals surface area contributed by atoms with Gasteiger partial charge in [-0.05, 0) is 48.8 Å². The predicted molar refractivity (Wildman–Crippen MR) is 133 cm³/mol. The van der Waals surface area contributed by atoms with Crippen molar-refractivity contribution in [1.29, 1.82) is 0 Å². The van der Waals surface area contributed by atoms with Crippen LogP contribution in [0.2, 0.25) is 0 Å². The lowest BCUT2D eigenvalue weighted by molar-refractivity contribution is -0.144. The van der Waals surface area contributed by atoms with E-state index in [0.717, 1.165) is 16.5 Å². The van der Waals surface area contributed by atoms with Crippen LogP contribution in [-0.2, 0) is 16.0 Å². The number of carbonyl (C=O) groups is 4. The second kappa shape index (κ2) is 10.8. The standard InChI is InChI=1S/C28H32FN3O5/c1-18(2)15-28(16-23(33)30-37)20(17-31(27(28)36)13-11-19-7-4-3-5-8-19)12-14-32-25(34)21-9-6-10-22(29)24(21)26(32)35/h3-10,18,20,37H,11-17H2,1-2H3,(H,30,33). The summed E-state index contributed by atoms with van der Waals surface area (Å²) < 4.78 is 14.3. The lowest BCUT2D eigenvalue weighted by Gasteiger charge is -2.34. The van der Waals surface area contributed by atoms with Crippen molar-refractivity contribution in [2.24, 2.45) is 17.3 Å². The Morgan fingerprint density at radius 1 is 1.08 bits per heavy atom. The van der Waals surface area contributed by atoms with E-state index in [1.807, 2.05) is 44.2 Å². The number of halogens is 1. The van der Waals surface area contributed by atoms with Crippen LogP contribution in [0.4, 0.5) is 4.39 Å². The third kappa shape index (κ3) is 5.13. The van der Waals surface area contributed by atoms with E-state index in [9.17, 15) is 28.8 Å². The van der Waals surface area contributed by atoms with Gasteiger partial charge in [0.05, 0.1) is 16.5 Å². The Morgan fingerprint density at radius 3 is 2.46 bits per heavy atom. The summed E-state index contributed by atoms with van der Waals surface area (Å²) in [5.41, 5.74) is 1.45. The molecule has 2 aliphatic rings. The highest BCUT2D eigenvalue weighted by Crippen LogP contribution is 2.47. The van der Waals surface area contributed by atoms with Crippen molar-refractivity contribution in [3.63, 3.8) is 0 Å². The van der Waals surface area contributed by atoms with Crippen LogP contribution < -0.4 is 5.48 Å². The molecule has 8 nitrogen and oxygen atoms in total. The van der Waals surface area contributed by atoms with Gasteiger partial charge in [0.15, 0.2) is 0 Å². The summed E-state index contributed by atoms with van der Waals surface area (Å²) in [6, 6.07) is 13.7. The molecule has 2 atom stereocenters. The van der Waals surface area contributed by atoms with Crippen molar-refractivity contribution in [1.82, 2.24) is 15.3 Å². The number of nitrogens with zero attached hydrogens (tertiary/aromatic N) is 2. The number of carbonyl (C=O) groups excluding carboxylic acids is 4. The molecule has 2 N–H and O–H groups in total. The monoisotopic (exact) mass is 509 g/mol. The molecule has 4 amide bonds. The molecule has 1 fully saturated rings. The zero-order valence-electron chi connectivity index (χ0n) is 21.1. The first-order valence-electron chi connectivity index (χ1n) is 12.6. The summed E-state index contributed by atoms with van der Waals surface area (Å²) >= 11 is 0. The van der Waals surface area contributed by atoms with Gasteiger partial charge in [-0.25, -0.2) is 9.87 Å². The molecule has 0 bridgehead atoms. The van der Waals surface area contributed by atoms with Gasteiger partial charge in [0.1, 0.15) is 5.82 Å². The van der Waals surface area contributed by atoms with E-state index in [-0.39, 0.29) is 48.3 Å². The first-order valence-corrected chi connectivity index (χ1v) is 12.6. The van der Waals surface area contributed by atoms with Crippen molar-refractivity contribution in [3.8, 4) is 0 Å². The maximum absolute atomic E-state index is 14.3. The molecule has 0 spiro atoms. The lowest BCUT2D eigenvalue weighted by Crippen LogP contribution is -2.43. The van der Waals surface area contributed by atoms with Gasteiger partial charge in [0, 0.05) is 26.1 Å². The molecule has 4 rings (SSSR count). The largest absolute Gasteiger partial charge is 0.342 e. The van der Waals surface area contributed by atoms with E-state index in [1.54, 1.807) is 10.4 Å². The van der Waals surface area contributed by atoms with Crippen molar-refractivity contribution >= 4 is 23.6 Å². The molecule has 2 aromatic carbocycles. The molecular formula is C28H32FN3O5.